The highest BCUT2D eigenvalue weighted by molar-refractivity contribution is 7.26. The van der Waals surface area contributed by atoms with Gasteiger partial charge in [-0.2, -0.15) is 10.5 Å². The number of fused-ring (bicyclic) bond motifs is 10. The predicted molar refractivity (Wildman–Crippen MR) is 203 cm³/mol. The van der Waals surface area contributed by atoms with Crippen LogP contribution in [0.2, 0.25) is 0 Å². The molecule has 0 amide bonds. The summed E-state index contributed by atoms with van der Waals surface area (Å²) in [7, 11) is 0. The summed E-state index contributed by atoms with van der Waals surface area (Å²) in [5, 5.41) is 26.3. The first kappa shape index (κ1) is 27.5. The molecule has 0 N–H and O–H groups in total. The Balaban J connectivity index is 1.18. The topological polar surface area (TPSA) is 57.4 Å². The highest BCUT2D eigenvalue weighted by Crippen LogP contribution is 2.43. The van der Waals surface area contributed by atoms with Gasteiger partial charge in [0.05, 0.1) is 50.0 Å². The van der Waals surface area contributed by atoms with Crippen LogP contribution in [-0.4, -0.2) is 9.13 Å². The predicted octanol–water partition coefficient (Wildman–Crippen LogP) is 11.7. The number of rotatable bonds is 3. The maximum Gasteiger partial charge on any atom is 0.0991 e. The maximum absolute atomic E-state index is 9.64. The Hall–Kier alpha value is -6.66. The molecule has 0 bridgehead atoms. The third-order valence-electron chi connectivity index (χ3n) is 9.74. The lowest BCUT2D eigenvalue weighted by atomic mass is 10.0. The van der Waals surface area contributed by atoms with Crippen LogP contribution in [0.5, 0.6) is 0 Å². The smallest absolute Gasteiger partial charge is 0.0991 e. The van der Waals surface area contributed by atoms with Crippen molar-refractivity contribution in [1.29, 1.82) is 10.5 Å². The van der Waals surface area contributed by atoms with E-state index >= 15 is 0 Å². The van der Waals surface area contributed by atoms with Crippen LogP contribution >= 0.6 is 11.3 Å². The number of aromatic nitrogens is 2. The van der Waals surface area contributed by atoms with Crippen LogP contribution in [0.15, 0.2) is 146 Å². The standard InChI is InChI=1S/C44H24N4S/c45-25-27-15-19-40-37(21-27)38-22-28(26-46)16-20-41(38)47(40)31-9-5-7-29(23-31)30-8-6-10-32(24-30)48-39-13-3-1-11-33(39)35-17-18-36-34-12-2-4-14-42(34)49-44(36)43(35)48/h1-24H. The Bertz CT molecular complexity index is 3010. The summed E-state index contributed by atoms with van der Waals surface area (Å²) < 4.78 is 7.26. The molecule has 0 spiro atoms. The number of hydrogen-bond acceptors (Lipinski definition) is 3. The highest BCUT2D eigenvalue weighted by atomic mass is 32.1. The molecule has 0 aliphatic carbocycles. The van der Waals surface area contributed by atoms with E-state index < -0.39 is 0 Å². The Morgan fingerprint density at radius 3 is 1.67 bits per heavy atom. The van der Waals surface area contributed by atoms with Gasteiger partial charge >= 0.3 is 0 Å². The Morgan fingerprint density at radius 1 is 0.429 bits per heavy atom. The number of para-hydroxylation sites is 1. The van der Waals surface area contributed by atoms with Gasteiger partial charge in [0.15, 0.2) is 0 Å². The number of thiophene rings is 1. The van der Waals surface area contributed by atoms with E-state index in [1.165, 1.54) is 42.0 Å². The van der Waals surface area contributed by atoms with Crippen molar-refractivity contribution in [2.75, 3.05) is 0 Å². The summed E-state index contributed by atoms with van der Waals surface area (Å²) in [5.41, 5.74) is 9.95. The Kier molecular flexibility index (Phi) is 5.84. The van der Waals surface area contributed by atoms with Crippen molar-refractivity contribution >= 4 is 75.1 Å². The molecule has 0 saturated carbocycles. The van der Waals surface area contributed by atoms with E-state index in [2.05, 4.69) is 130 Å². The third kappa shape index (κ3) is 4.01. The van der Waals surface area contributed by atoms with E-state index in [0.29, 0.717) is 11.1 Å². The van der Waals surface area contributed by atoms with Crippen LogP contribution in [0.4, 0.5) is 0 Å². The SMILES string of the molecule is N#Cc1ccc2c(c1)c1cc(C#N)ccc1n2-c1cccc(-c2cccc(-n3c4ccccc4c4ccc5c6ccccc6sc5c43)c2)c1. The average molecular weight is 641 g/mol. The second-order valence-electron chi connectivity index (χ2n) is 12.4. The van der Waals surface area contributed by atoms with E-state index in [-0.39, 0.29) is 0 Å². The van der Waals surface area contributed by atoms with Gasteiger partial charge in [-0.25, -0.2) is 0 Å². The average Bonchev–Trinajstić information content (AvgIpc) is 3.82. The van der Waals surface area contributed by atoms with E-state index in [0.717, 1.165) is 44.3 Å². The minimum absolute atomic E-state index is 0.595. The van der Waals surface area contributed by atoms with Gasteiger partial charge in [-0.05, 0) is 83.9 Å². The van der Waals surface area contributed by atoms with Gasteiger partial charge in [-0.15, -0.1) is 11.3 Å². The van der Waals surface area contributed by atoms with Crippen molar-refractivity contribution in [2.24, 2.45) is 0 Å². The molecule has 5 heteroatoms. The Labute approximate surface area is 285 Å². The summed E-state index contributed by atoms with van der Waals surface area (Å²) in [4.78, 5) is 0. The van der Waals surface area contributed by atoms with E-state index in [9.17, 15) is 10.5 Å². The number of nitriles is 2. The fraction of sp³-hybridized carbons (Fsp3) is 0. The third-order valence-corrected chi connectivity index (χ3v) is 10.9. The second kappa shape index (κ2) is 10.4. The second-order valence-corrected chi connectivity index (χ2v) is 13.5. The van der Waals surface area contributed by atoms with E-state index in [1.807, 2.05) is 47.7 Å². The zero-order chi connectivity index (χ0) is 32.6. The molecular weight excluding hydrogens is 617 g/mol. The molecular formula is C44H24N4S. The van der Waals surface area contributed by atoms with Gasteiger partial charge in [0, 0.05) is 48.4 Å². The van der Waals surface area contributed by atoms with Crippen LogP contribution in [0.1, 0.15) is 11.1 Å². The van der Waals surface area contributed by atoms with Crippen LogP contribution < -0.4 is 0 Å². The summed E-state index contributed by atoms with van der Waals surface area (Å²) in [6, 6.07) is 55.5. The molecule has 0 aliphatic heterocycles. The van der Waals surface area contributed by atoms with Gasteiger partial charge in [0.2, 0.25) is 0 Å². The maximum atomic E-state index is 9.64. The molecule has 0 unspecified atom stereocenters. The molecule has 3 aromatic heterocycles. The zero-order valence-corrected chi connectivity index (χ0v) is 26.9. The number of benzene rings is 7. The van der Waals surface area contributed by atoms with Crippen LogP contribution in [0.25, 0.3) is 86.3 Å². The normalized spacial score (nSPS) is 11.6. The molecule has 4 nitrogen and oxygen atoms in total. The largest absolute Gasteiger partial charge is 0.309 e. The Morgan fingerprint density at radius 2 is 1.00 bits per heavy atom. The van der Waals surface area contributed by atoms with Gasteiger partial charge in [-0.1, -0.05) is 72.8 Å². The van der Waals surface area contributed by atoms with Crippen LogP contribution in [0.3, 0.4) is 0 Å². The molecule has 0 aliphatic rings. The summed E-state index contributed by atoms with van der Waals surface area (Å²) in [5.74, 6) is 0. The fourth-order valence-electron chi connectivity index (χ4n) is 7.59. The quantitative estimate of drug-likeness (QED) is 0.193. The van der Waals surface area contributed by atoms with Gasteiger partial charge < -0.3 is 9.13 Å². The molecule has 10 rings (SSSR count). The molecule has 7 aromatic carbocycles. The molecule has 10 aromatic rings. The first-order valence-corrected chi connectivity index (χ1v) is 16.9. The van der Waals surface area contributed by atoms with Gasteiger partial charge in [0.1, 0.15) is 0 Å². The first-order chi connectivity index (χ1) is 24.2. The molecule has 226 valence electrons. The molecule has 3 heterocycles. The summed E-state index contributed by atoms with van der Waals surface area (Å²) >= 11 is 1.86. The fourth-order valence-corrected chi connectivity index (χ4v) is 8.83. The van der Waals surface area contributed by atoms with Crippen LogP contribution in [-0.2, 0) is 0 Å². The zero-order valence-electron chi connectivity index (χ0n) is 26.1. The highest BCUT2D eigenvalue weighted by Gasteiger charge is 2.19. The number of nitrogens with zero attached hydrogens (tertiary/aromatic N) is 4. The van der Waals surface area contributed by atoms with Crippen LogP contribution in [0, 0.1) is 22.7 Å². The lowest BCUT2D eigenvalue weighted by Crippen LogP contribution is -1.96. The van der Waals surface area contributed by atoms with Crippen molar-refractivity contribution in [2.45, 2.75) is 0 Å². The lowest BCUT2D eigenvalue weighted by molar-refractivity contribution is 1.18. The van der Waals surface area contributed by atoms with Gasteiger partial charge in [-0.3, -0.25) is 0 Å². The molecule has 0 saturated heterocycles. The van der Waals surface area contributed by atoms with Crippen molar-refractivity contribution in [3.05, 3.63) is 157 Å². The molecule has 0 atom stereocenters. The monoisotopic (exact) mass is 640 g/mol. The van der Waals surface area contributed by atoms with E-state index in [1.54, 1.807) is 0 Å². The van der Waals surface area contributed by atoms with Crippen molar-refractivity contribution < 1.29 is 0 Å². The van der Waals surface area contributed by atoms with Crippen molar-refractivity contribution in [1.82, 2.24) is 9.13 Å². The summed E-state index contributed by atoms with van der Waals surface area (Å²) in [6.45, 7) is 0. The number of hydrogen-bond donors (Lipinski definition) is 0. The lowest BCUT2D eigenvalue weighted by Gasteiger charge is -2.13. The van der Waals surface area contributed by atoms with Crippen molar-refractivity contribution in [3.63, 3.8) is 0 Å². The van der Waals surface area contributed by atoms with E-state index in [4.69, 9.17) is 0 Å². The summed E-state index contributed by atoms with van der Waals surface area (Å²) in [6.07, 6.45) is 0. The van der Waals surface area contributed by atoms with Crippen molar-refractivity contribution in [3.8, 4) is 34.6 Å². The van der Waals surface area contributed by atoms with Gasteiger partial charge in [0.25, 0.3) is 0 Å². The molecule has 49 heavy (non-hydrogen) atoms. The molecule has 0 radical (unpaired) electrons. The minimum Gasteiger partial charge on any atom is -0.309 e. The molecule has 0 fully saturated rings. The minimum atomic E-state index is 0.595. The first-order valence-electron chi connectivity index (χ1n) is 16.1.